The third-order valence-electron chi connectivity index (χ3n) is 5.47. The number of carbonyl (C=O) groups is 2. The molecular weight excluding hydrogens is 394 g/mol. The minimum absolute atomic E-state index is 0.00863. The molecule has 0 N–H and O–H groups in total. The average Bonchev–Trinajstić information content (AvgIpc) is 3.43. The lowest BCUT2D eigenvalue weighted by Crippen LogP contribution is -2.44. The molecule has 1 atom stereocenters. The molecule has 2 aliphatic rings. The quantitative estimate of drug-likeness (QED) is 0.680. The summed E-state index contributed by atoms with van der Waals surface area (Å²) < 4.78 is 28.8. The maximum Gasteiger partial charge on any atom is 0.338 e. The van der Waals surface area contributed by atoms with Crippen LogP contribution in [-0.2, 0) is 19.4 Å². The van der Waals surface area contributed by atoms with Crippen LogP contribution in [0.3, 0.4) is 0 Å². The van der Waals surface area contributed by atoms with Gasteiger partial charge in [0.2, 0.25) is 0 Å². The minimum atomic E-state index is -3.10. The number of hydrogen-bond donors (Lipinski definition) is 0. The van der Waals surface area contributed by atoms with E-state index in [9.17, 15) is 18.0 Å². The lowest BCUT2D eigenvalue weighted by Gasteiger charge is -2.28. The molecule has 1 saturated carbocycles. The van der Waals surface area contributed by atoms with Crippen molar-refractivity contribution in [1.82, 2.24) is 14.9 Å². The van der Waals surface area contributed by atoms with Crippen LogP contribution in [0.25, 0.3) is 11.0 Å². The smallest absolute Gasteiger partial charge is 0.338 e. The number of hydrogen-bond acceptors (Lipinski definition) is 7. The fourth-order valence-electron chi connectivity index (χ4n) is 3.70. The second-order valence-corrected chi connectivity index (χ2v) is 9.99. The Balaban J connectivity index is 1.44. The Kier molecular flexibility index (Phi) is 5.02. The van der Waals surface area contributed by atoms with Crippen molar-refractivity contribution < 1.29 is 22.7 Å². The number of esters is 1. The highest BCUT2D eigenvalue weighted by Crippen LogP contribution is 2.32. The molecule has 1 saturated heterocycles. The number of benzene rings is 1. The van der Waals surface area contributed by atoms with Crippen molar-refractivity contribution in [2.75, 3.05) is 18.1 Å². The van der Waals surface area contributed by atoms with Gasteiger partial charge in [0.05, 0.1) is 39.5 Å². The Hall–Kier alpha value is -2.55. The van der Waals surface area contributed by atoms with Gasteiger partial charge in [-0.2, -0.15) is 0 Å². The van der Waals surface area contributed by atoms with E-state index in [-0.39, 0.29) is 29.5 Å². The topological polar surface area (TPSA) is 107 Å². The van der Waals surface area contributed by atoms with Crippen LogP contribution >= 0.6 is 0 Å². The van der Waals surface area contributed by atoms with E-state index in [1.165, 1.54) is 0 Å². The molecule has 2 aromatic rings. The van der Waals surface area contributed by atoms with Gasteiger partial charge in [0, 0.05) is 12.1 Å². The van der Waals surface area contributed by atoms with E-state index in [4.69, 9.17) is 4.74 Å². The Morgan fingerprint density at radius 3 is 2.38 bits per heavy atom. The SMILES string of the molecule is Cc1nc2ccc(C(=O)OCC(=O)N(C3CC3)[C@H]3CCS(=O)(=O)C3)cc2nc1C. The number of rotatable bonds is 5. The fourth-order valence-corrected chi connectivity index (χ4v) is 5.41. The molecule has 8 nitrogen and oxygen atoms in total. The standard InChI is InChI=1S/C20H23N3O5S/c1-12-13(2)22-18-9-14(3-6-17(18)21-12)20(25)28-10-19(24)23(15-4-5-15)16-7-8-29(26,27)11-16/h3,6,9,15-16H,4-5,7-8,10-11H2,1-2H3/t16-/m0/s1. The second-order valence-electron chi connectivity index (χ2n) is 7.76. The van der Waals surface area contributed by atoms with Crippen LogP contribution in [0.5, 0.6) is 0 Å². The van der Waals surface area contributed by atoms with E-state index in [2.05, 4.69) is 9.97 Å². The molecule has 1 aliphatic heterocycles. The minimum Gasteiger partial charge on any atom is -0.452 e. The highest BCUT2D eigenvalue weighted by atomic mass is 32.2. The number of aromatic nitrogens is 2. The van der Waals surface area contributed by atoms with Gasteiger partial charge in [-0.05, 0) is 51.3 Å². The monoisotopic (exact) mass is 417 g/mol. The summed E-state index contributed by atoms with van der Waals surface area (Å²) in [5.41, 5.74) is 3.18. The predicted octanol–water partition coefficient (Wildman–Crippen LogP) is 1.58. The number of amides is 1. The molecule has 0 unspecified atom stereocenters. The molecule has 1 aliphatic carbocycles. The number of aryl methyl sites for hydroxylation is 2. The highest BCUT2D eigenvalue weighted by molar-refractivity contribution is 7.91. The maximum absolute atomic E-state index is 12.7. The van der Waals surface area contributed by atoms with Gasteiger partial charge in [-0.1, -0.05) is 0 Å². The molecule has 0 bridgehead atoms. The number of sulfone groups is 1. The van der Waals surface area contributed by atoms with Gasteiger partial charge >= 0.3 is 5.97 Å². The summed E-state index contributed by atoms with van der Waals surface area (Å²) in [7, 11) is -3.10. The van der Waals surface area contributed by atoms with Crippen molar-refractivity contribution in [3.05, 3.63) is 35.2 Å². The van der Waals surface area contributed by atoms with Gasteiger partial charge in [0.15, 0.2) is 16.4 Å². The number of fused-ring (bicyclic) bond motifs is 1. The van der Waals surface area contributed by atoms with E-state index in [0.717, 1.165) is 24.2 Å². The van der Waals surface area contributed by atoms with Crippen LogP contribution in [0.15, 0.2) is 18.2 Å². The predicted molar refractivity (Wildman–Crippen MR) is 106 cm³/mol. The average molecular weight is 417 g/mol. The first kappa shape index (κ1) is 19.8. The zero-order valence-corrected chi connectivity index (χ0v) is 17.2. The van der Waals surface area contributed by atoms with E-state index in [0.29, 0.717) is 23.0 Å². The van der Waals surface area contributed by atoms with E-state index >= 15 is 0 Å². The number of nitrogens with zero attached hydrogens (tertiary/aromatic N) is 3. The van der Waals surface area contributed by atoms with Gasteiger partial charge < -0.3 is 9.64 Å². The van der Waals surface area contributed by atoms with Crippen molar-refractivity contribution >= 4 is 32.7 Å². The molecule has 4 rings (SSSR count). The Bertz CT molecular complexity index is 1090. The molecule has 2 heterocycles. The summed E-state index contributed by atoms with van der Waals surface area (Å²) in [6.07, 6.45) is 2.16. The van der Waals surface area contributed by atoms with E-state index in [1.807, 2.05) is 13.8 Å². The lowest BCUT2D eigenvalue weighted by molar-refractivity contribution is -0.137. The van der Waals surface area contributed by atoms with Gasteiger partial charge in [0.25, 0.3) is 5.91 Å². The van der Waals surface area contributed by atoms with Gasteiger partial charge in [-0.25, -0.2) is 23.2 Å². The second kappa shape index (κ2) is 7.37. The molecule has 9 heteroatoms. The molecule has 154 valence electrons. The van der Waals surface area contributed by atoms with Crippen molar-refractivity contribution in [2.45, 2.75) is 45.2 Å². The Morgan fingerprint density at radius 1 is 1.07 bits per heavy atom. The molecule has 1 amide bonds. The molecule has 1 aromatic carbocycles. The fraction of sp³-hybridized carbons (Fsp3) is 0.500. The Morgan fingerprint density at radius 2 is 1.76 bits per heavy atom. The first-order valence-electron chi connectivity index (χ1n) is 9.67. The normalized spacial score (nSPS) is 20.6. The summed E-state index contributed by atoms with van der Waals surface area (Å²) >= 11 is 0. The largest absolute Gasteiger partial charge is 0.452 e. The summed E-state index contributed by atoms with van der Waals surface area (Å²) in [5.74, 6) is -0.860. The van der Waals surface area contributed by atoms with Gasteiger partial charge in [0.1, 0.15) is 0 Å². The third kappa shape index (κ3) is 4.24. The summed E-state index contributed by atoms with van der Waals surface area (Å²) in [6.45, 7) is 3.32. The Labute approximate surface area is 169 Å². The first-order valence-corrected chi connectivity index (χ1v) is 11.5. The van der Waals surface area contributed by atoms with Gasteiger partial charge in [-0.15, -0.1) is 0 Å². The summed E-state index contributed by atoms with van der Waals surface area (Å²) in [5, 5.41) is 0. The van der Waals surface area contributed by atoms with Crippen molar-refractivity contribution in [3.63, 3.8) is 0 Å². The van der Waals surface area contributed by atoms with Crippen LogP contribution < -0.4 is 0 Å². The van der Waals surface area contributed by atoms with Gasteiger partial charge in [-0.3, -0.25) is 4.79 Å². The molecule has 1 aromatic heterocycles. The van der Waals surface area contributed by atoms with Crippen LogP contribution in [0, 0.1) is 13.8 Å². The molecule has 2 fully saturated rings. The highest BCUT2D eigenvalue weighted by Gasteiger charge is 2.42. The van der Waals surface area contributed by atoms with E-state index in [1.54, 1.807) is 23.1 Å². The van der Waals surface area contributed by atoms with Crippen LogP contribution in [0.2, 0.25) is 0 Å². The van der Waals surface area contributed by atoms with Crippen LogP contribution in [0.1, 0.15) is 41.0 Å². The summed E-state index contributed by atoms with van der Waals surface area (Å²) in [4.78, 5) is 35.6. The van der Waals surface area contributed by atoms with Crippen molar-refractivity contribution in [1.29, 1.82) is 0 Å². The zero-order valence-electron chi connectivity index (χ0n) is 16.4. The van der Waals surface area contributed by atoms with Crippen LogP contribution in [-0.4, -0.2) is 65.4 Å². The molecule has 0 radical (unpaired) electrons. The summed E-state index contributed by atoms with van der Waals surface area (Å²) in [6, 6.07) is 4.64. The molecular formula is C20H23N3O5S. The van der Waals surface area contributed by atoms with Crippen molar-refractivity contribution in [3.8, 4) is 0 Å². The maximum atomic E-state index is 12.7. The first-order chi connectivity index (χ1) is 13.7. The zero-order chi connectivity index (χ0) is 20.8. The molecule has 29 heavy (non-hydrogen) atoms. The lowest BCUT2D eigenvalue weighted by atomic mass is 10.2. The number of carbonyl (C=O) groups excluding carboxylic acids is 2. The van der Waals surface area contributed by atoms with Crippen LogP contribution in [0.4, 0.5) is 0 Å². The molecule has 0 spiro atoms. The third-order valence-corrected chi connectivity index (χ3v) is 7.22. The van der Waals surface area contributed by atoms with E-state index < -0.39 is 22.4 Å². The number of ether oxygens (including phenoxy) is 1. The van der Waals surface area contributed by atoms with Crippen molar-refractivity contribution in [2.24, 2.45) is 0 Å².